The largest absolute Gasteiger partial charge is 0.380 e. The molecule has 0 radical (unpaired) electrons. The van der Waals surface area contributed by atoms with Crippen LogP contribution < -0.4 is 0 Å². The highest BCUT2D eigenvalue weighted by Crippen LogP contribution is 2.43. The van der Waals surface area contributed by atoms with E-state index >= 15 is 0 Å². The molecular weight excluding hydrogens is 436 g/mol. The van der Waals surface area contributed by atoms with E-state index in [4.69, 9.17) is 9.72 Å². The standard InChI is InChI=1S/C28H34N6O/c1-17(2)24-25(20-10-18(3)27-29-16-30-34(27)11-20)32-23-9-8-22(31-26(23)24)19-4-6-21(7-5-19)33-12-28(13-33)14-35-15-28/h8-11,16-17,19,21,32H,4-7,12-15H2,1-3H3. The third kappa shape index (κ3) is 3.43. The fraction of sp³-hybridized carbons (Fsp3) is 0.536. The number of aromatic nitrogens is 5. The normalized spacial score (nSPS) is 24.3. The van der Waals surface area contributed by atoms with Gasteiger partial charge in [-0.1, -0.05) is 13.8 Å². The summed E-state index contributed by atoms with van der Waals surface area (Å²) in [5, 5.41) is 4.38. The molecule has 4 aromatic heterocycles. The van der Waals surface area contributed by atoms with E-state index in [2.05, 4.69) is 65.1 Å². The predicted molar refractivity (Wildman–Crippen MR) is 137 cm³/mol. The van der Waals surface area contributed by atoms with Crippen LogP contribution in [0.1, 0.15) is 68.2 Å². The van der Waals surface area contributed by atoms with Crippen LogP contribution in [-0.4, -0.2) is 61.8 Å². The Hall–Kier alpha value is -2.77. The molecule has 4 aromatic rings. The van der Waals surface area contributed by atoms with Crippen LogP contribution in [0.25, 0.3) is 27.9 Å². The van der Waals surface area contributed by atoms with Crippen molar-refractivity contribution in [1.29, 1.82) is 0 Å². The summed E-state index contributed by atoms with van der Waals surface area (Å²) in [7, 11) is 0. The summed E-state index contributed by atoms with van der Waals surface area (Å²) >= 11 is 0. The van der Waals surface area contributed by atoms with Gasteiger partial charge in [0.15, 0.2) is 5.65 Å². The van der Waals surface area contributed by atoms with Gasteiger partial charge in [-0.05, 0) is 62.3 Å². The maximum absolute atomic E-state index is 5.46. The SMILES string of the molecule is Cc1cc(-c2[nH]c3ccc(C4CCC(N5CC6(COC6)C5)CC4)nc3c2C(C)C)cn2ncnc12. The van der Waals surface area contributed by atoms with Crippen molar-refractivity contribution in [3.63, 3.8) is 0 Å². The van der Waals surface area contributed by atoms with Gasteiger partial charge in [0.2, 0.25) is 0 Å². The molecule has 1 saturated carbocycles. The topological polar surface area (TPSA) is 71.3 Å². The van der Waals surface area contributed by atoms with Crippen molar-refractivity contribution < 1.29 is 4.74 Å². The molecule has 2 saturated heterocycles. The van der Waals surface area contributed by atoms with Gasteiger partial charge in [0.1, 0.15) is 6.33 Å². The lowest BCUT2D eigenvalue weighted by atomic mass is 9.74. The number of hydrogen-bond donors (Lipinski definition) is 1. The van der Waals surface area contributed by atoms with Crippen molar-refractivity contribution in [1.82, 2.24) is 29.5 Å². The lowest BCUT2D eigenvalue weighted by Gasteiger charge is -2.58. The molecule has 182 valence electrons. The minimum atomic E-state index is 0.359. The number of pyridine rings is 2. The van der Waals surface area contributed by atoms with Crippen LogP contribution in [-0.2, 0) is 4.74 Å². The first-order chi connectivity index (χ1) is 17.0. The molecule has 0 unspecified atom stereocenters. The molecule has 7 rings (SSSR count). The molecule has 1 N–H and O–H groups in total. The summed E-state index contributed by atoms with van der Waals surface area (Å²) in [5.74, 6) is 0.920. The van der Waals surface area contributed by atoms with E-state index < -0.39 is 0 Å². The second-order valence-corrected chi connectivity index (χ2v) is 11.5. The van der Waals surface area contributed by atoms with Gasteiger partial charge in [0.25, 0.3) is 0 Å². The highest BCUT2D eigenvalue weighted by atomic mass is 16.5. The van der Waals surface area contributed by atoms with Gasteiger partial charge in [-0.15, -0.1) is 0 Å². The van der Waals surface area contributed by atoms with Crippen LogP contribution in [0, 0.1) is 12.3 Å². The third-order valence-electron chi connectivity index (χ3n) is 8.65. The first-order valence-corrected chi connectivity index (χ1v) is 13.1. The fourth-order valence-electron chi connectivity index (χ4n) is 6.73. The molecule has 3 fully saturated rings. The van der Waals surface area contributed by atoms with Crippen molar-refractivity contribution in [3.05, 3.63) is 47.5 Å². The number of likely N-dealkylation sites (tertiary alicyclic amines) is 1. The molecule has 0 aromatic carbocycles. The molecule has 6 heterocycles. The van der Waals surface area contributed by atoms with Crippen LogP contribution in [0.3, 0.4) is 0 Å². The highest BCUT2D eigenvalue weighted by molar-refractivity contribution is 5.88. The van der Waals surface area contributed by atoms with Crippen LogP contribution in [0.4, 0.5) is 0 Å². The Morgan fingerprint density at radius 3 is 2.63 bits per heavy atom. The maximum atomic E-state index is 5.46. The number of aromatic amines is 1. The van der Waals surface area contributed by atoms with Crippen molar-refractivity contribution in [3.8, 4) is 11.3 Å². The van der Waals surface area contributed by atoms with Gasteiger partial charge in [-0.25, -0.2) is 9.50 Å². The number of nitrogens with zero attached hydrogens (tertiary/aromatic N) is 5. The Morgan fingerprint density at radius 2 is 1.91 bits per heavy atom. The third-order valence-corrected chi connectivity index (χ3v) is 8.65. The van der Waals surface area contributed by atoms with Gasteiger partial charge in [-0.3, -0.25) is 9.88 Å². The van der Waals surface area contributed by atoms with Gasteiger partial charge < -0.3 is 9.72 Å². The van der Waals surface area contributed by atoms with Gasteiger partial charge >= 0.3 is 0 Å². The molecule has 2 aliphatic heterocycles. The molecule has 35 heavy (non-hydrogen) atoms. The summed E-state index contributed by atoms with van der Waals surface area (Å²) in [4.78, 5) is 16.1. The average molecular weight is 471 g/mol. The average Bonchev–Trinajstić information content (AvgIpc) is 3.42. The smallest absolute Gasteiger partial charge is 0.158 e. The first kappa shape index (κ1) is 21.5. The van der Waals surface area contributed by atoms with E-state index in [1.165, 1.54) is 50.0 Å². The Kier molecular flexibility index (Phi) is 4.83. The number of ether oxygens (including phenoxy) is 1. The van der Waals surface area contributed by atoms with E-state index in [1.54, 1.807) is 6.33 Å². The van der Waals surface area contributed by atoms with Crippen molar-refractivity contribution in [2.45, 2.75) is 64.3 Å². The van der Waals surface area contributed by atoms with E-state index in [1.807, 2.05) is 4.52 Å². The zero-order chi connectivity index (χ0) is 23.7. The Morgan fingerprint density at radius 1 is 1.11 bits per heavy atom. The van der Waals surface area contributed by atoms with Gasteiger partial charge in [-0.2, -0.15) is 5.10 Å². The minimum Gasteiger partial charge on any atom is -0.380 e. The zero-order valence-corrected chi connectivity index (χ0v) is 20.9. The van der Waals surface area contributed by atoms with Crippen molar-refractivity contribution in [2.75, 3.05) is 26.3 Å². The summed E-state index contributed by atoms with van der Waals surface area (Å²) in [6, 6.07) is 7.46. The quantitative estimate of drug-likeness (QED) is 0.451. The molecule has 1 aliphatic carbocycles. The summed E-state index contributed by atoms with van der Waals surface area (Å²) in [6.07, 6.45) is 8.73. The number of nitrogens with one attached hydrogen (secondary N) is 1. The van der Waals surface area contributed by atoms with Crippen LogP contribution >= 0.6 is 0 Å². The number of aryl methyl sites for hydroxylation is 1. The zero-order valence-electron chi connectivity index (χ0n) is 20.9. The lowest BCUT2D eigenvalue weighted by molar-refractivity contribution is -0.200. The van der Waals surface area contributed by atoms with Crippen molar-refractivity contribution in [2.24, 2.45) is 5.41 Å². The van der Waals surface area contributed by atoms with E-state index in [-0.39, 0.29) is 0 Å². The Labute approximate surface area is 205 Å². The van der Waals surface area contributed by atoms with Crippen LogP contribution in [0.15, 0.2) is 30.7 Å². The van der Waals surface area contributed by atoms with E-state index in [0.29, 0.717) is 17.3 Å². The minimum absolute atomic E-state index is 0.359. The number of H-pyrrole nitrogens is 1. The molecule has 7 nitrogen and oxygen atoms in total. The second-order valence-electron chi connectivity index (χ2n) is 11.5. The van der Waals surface area contributed by atoms with E-state index in [9.17, 15) is 0 Å². The predicted octanol–water partition coefficient (Wildman–Crippen LogP) is 5.06. The molecule has 0 atom stereocenters. The van der Waals surface area contributed by atoms with Crippen molar-refractivity contribution >= 4 is 16.7 Å². The summed E-state index contributed by atoms with van der Waals surface area (Å²) < 4.78 is 7.33. The fourth-order valence-corrected chi connectivity index (χ4v) is 6.73. The molecular formula is C28H34N6O. The highest BCUT2D eigenvalue weighted by Gasteiger charge is 2.50. The lowest BCUT2D eigenvalue weighted by Crippen LogP contribution is -2.68. The maximum Gasteiger partial charge on any atom is 0.158 e. The molecule has 0 amide bonds. The first-order valence-electron chi connectivity index (χ1n) is 13.1. The number of rotatable bonds is 4. The van der Waals surface area contributed by atoms with Gasteiger partial charge in [0, 0.05) is 53.5 Å². The molecule has 0 bridgehead atoms. The summed E-state index contributed by atoms with van der Waals surface area (Å²) in [5.41, 5.74) is 9.62. The molecule has 3 aliphatic rings. The Balaban J connectivity index is 1.16. The van der Waals surface area contributed by atoms with Crippen LogP contribution in [0.5, 0.6) is 0 Å². The second kappa shape index (κ2) is 7.87. The molecule has 7 heteroatoms. The monoisotopic (exact) mass is 470 g/mol. The number of fused-ring (bicyclic) bond motifs is 2. The Bertz CT molecular complexity index is 1400. The summed E-state index contributed by atoms with van der Waals surface area (Å²) in [6.45, 7) is 11.1. The molecule has 1 spiro atoms. The van der Waals surface area contributed by atoms with Gasteiger partial charge in [0.05, 0.1) is 29.9 Å². The van der Waals surface area contributed by atoms with E-state index in [0.717, 1.165) is 52.8 Å². The van der Waals surface area contributed by atoms with Crippen LogP contribution in [0.2, 0.25) is 0 Å². The number of hydrogen-bond acceptors (Lipinski definition) is 5.